The standard InChI is InChI=1S/C26H16Br2O2.C10H8O2.C8H6Br2O/c27-19-7-1-15(2-8-19)23-13-17-5-11-22-21(25(17)29-23)12-6-18-14-24(30-26(18)22)16-3-9-20(28)10-4-16;11-9-5-1-3-7-8(9)4-2-6-10(7)12;9-5-8(11)6-1-3-7(10)4-2-6/h1-13,24H,14H2;1-6,11-12H;1-4H,5H2. The molecule has 0 bridgehead atoms. The second-order valence-electron chi connectivity index (χ2n) is 12.3. The van der Waals surface area contributed by atoms with E-state index >= 15 is 0 Å². The Bertz CT molecular complexity index is 2520. The second-order valence-corrected chi connectivity index (χ2v) is 15.6. The highest BCUT2D eigenvalue weighted by Crippen LogP contribution is 2.44. The summed E-state index contributed by atoms with van der Waals surface area (Å²) in [6, 6.07) is 44.8. The number of Topliss-reactive ketones (excluding diaryl/α,β-unsaturated/α-hetero) is 1. The molecule has 264 valence electrons. The van der Waals surface area contributed by atoms with Crippen LogP contribution in [0.2, 0.25) is 0 Å². The first-order valence-corrected chi connectivity index (χ1v) is 20.1. The Morgan fingerprint density at radius 3 is 1.81 bits per heavy atom. The molecule has 2 N–H and O–H groups in total. The van der Waals surface area contributed by atoms with Crippen molar-refractivity contribution in [1.29, 1.82) is 0 Å². The summed E-state index contributed by atoms with van der Waals surface area (Å²) in [4.78, 5) is 11.1. The van der Waals surface area contributed by atoms with E-state index in [9.17, 15) is 15.0 Å². The molecule has 9 rings (SSSR count). The Labute approximate surface area is 339 Å². The molecule has 9 heteroatoms. The van der Waals surface area contributed by atoms with Crippen molar-refractivity contribution in [2.24, 2.45) is 0 Å². The second kappa shape index (κ2) is 16.3. The van der Waals surface area contributed by atoms with Gasteiger partial charge in [-0.2, -0.15) is 0 Å². The lowest BCUT2D eigenvalue weighted by atomic mass is 10.0. The molecule has 7 aromatic carbocycles. The number of alkyl halides is 1. The van der Waals surface area contributed by atoms with Gasteiger partial charge in [-0.1, -0.05) is 143 Å². The number of ketones is 1. The van der Waals surface area contributed by atoms with Gasteiger partial charge in [0.1, 0.15) is 34.7 Å². The fraction of sp³-hybridized carbons (Fsp3) is 0.0682. The molecule has 8 aromatic rings. The van der Waals surface area contributed by atoms with Crippen LogP contribution in [0.3, 0.4) is 0 Å². The van der Waals surface area contributed by atoms with E-state index in [0.29, 0.717) is 16.1 Å². The minimum Gasteiger partial charge on any atom is -0.507 e. The van der Waals surface area contributed by atoms with E-state index in [-0.39, 0.29) is 23.4 Å². The van der Waals surface area contributed by atoms with Crippen LogP contribution in [0.25, 0.3) is 43.8 Å². The molecule has 0 aliphatic carbocycles. The Morgan fingerprint density at radius 1 is 0.642 bits per heavy atom. The molecular weight excluding hydrogens is 928 g/mol. The van der Waals surface area contributed by atoms with Crippen molar-refractivity contribution in [2.45, 2.75) is 12.5 Å². The number of hydrogen-bond acceptors (Lipinski definition) is 5. The molecule has 0 amide bonds. The van der Waals surface area contributed by atoms with E-state index in [4.69, 9.17) is 9.15 Å². The van der Waals surface area contributed by atoms with Crippen LogP contribution >= 0.6 is 63.7 Å². The topological polar surface area (TPSA) is 79.9 Å². The summed E-state index contributed by atoms with van der Waals surface area (Å²) in [5.74, 6) is 2.35. The van der Waals surface area contributed by atoms with E-state index in [2.05, 4.69) is 130 Å². The van der Waals surface area contributed by atoms with Gasteiger partial charge >= 0.3 is 0 Å². The SMILES string of the molecule is Brc1ccc(-c2cc3ccc4c5c(ccc4c3o2)CC(c2ccc(Br)cc2)O5)cc1.O=C(CBr)c1ccc(Br)cc1.Oc1cccc2c(O)cccc12. The Kier molecular flexibility index (Phi) is 11.4. The summed E-state index contributed by atoms with van der Waals surface area (Å²) in [6.45, 7) is 0. The number of fused-ring (bicyclic) bond motifs is 6. The number of phenols is 2. The van der Waals surface area contributed by atoms with Crippen LogP contribution in [0.5, 0.6) is 17.2 Å². The third-order valence-corrected chi connectivity index (χ3v) is 11.0. The van der Waals surface area contributed by atoms with Crippen LogP contribution < -0.4 is 4.74 Å². The van der Waals surface area contributed by atoms with Gasteiger partial charge in [0, 0.05) is 57.9 Å². The molecule has 0 spiro atoms. The molecule has 1 aliphatic heterocycles. The fourth-order valence-electron chi connectivity index (χ4n) is 6.21. The van der Waals surface area contributed by atoms with Crippen molar-refractivity contribution in [2.75, 3.05) is 5.33 Å². The van der Waals surface area contributed by atoms with E-state index in [1.807, 2.05) is 24.3 Å². The summed E-state index contributed by atoms with van der Waals surface area (Å²) >= 11 is 13.4. The van der Waals surface area contributed by atoms with Crippen LogP contribution in [-0.2, 0) is 6.42 Å². The first kappa shape index (κ1) is 36.9. The molecule has 0 fully saturated rings. The van der Waals surface area contributed by atoms with Crippen LogP contribution in [-0.4, -0.2) is 21.3 Å². The molecule has 0 saturated carbocycles. The molecule has 2 heterocycles. The maximum atomic E-state index is 11.1. The van der Waals surface area contributed by atoms with Crippen molar-refractivity contribution in [1.82, 2.24) is 0 Å². The molecule has 1 atom stereocenters. The van der Waals surface area contributed by atoms with Crippen LogP contribution in [0.4, 0.5) is 0 Å². The van der Waals surface area contributed by atoms with E-state index < -0.39 is 0 Å². The molecular formula is C44H30Br4O5. The lowest BCUT2D eigenvalue weighted by Crippen LogP contribution is -2.02. The lowest BCUT2D eigenvalue weighted by Gasteiger charge is -2.12. The van der Waals surface area contributed by atoms with Gasteiger partial charge in [0.2, 0.25) is 0 Å². The minimum atomic E-state index is 0.0457. The molecule has 0 radical (unpaired) electrons. The zero-order valence-corrected chi connectivity index (χ0v) is 34.2. The number of carbonyl (C=O) groups excluding carboxylic acids is 1. The van der Waals surface area contributed by atoms with Gasteiger partial charge in [-0.15, -0.1) is 0 Å². The van der Waals surface area contributed by atoms with Gasteiger partial charge in [0.15, 0.2) is 5.78 Å². The number of carbonyl (C=O) groups is 1. The number of aromatic hydroxyl groups is 2. The number of benzene rings is 7. The quantitative estimate of drug-likeness (QED) is 0.136. The minimum absolute atomic E-state index is 0.0457. The Morgan fingerprint density at radius 2 is 1.21 bits per heavy atom. The van der Waals surface area contributed by atoms with Gasteiger partial charge in [-0.3, -0.25) is 4.79 Å². The monoisotopic (exact) mass is 954 g/mol. The van der Waals surface area contributed by atoms with E-state index in [1.54, 1.807) is 48.5 Å². The Hall–Kier alpha value is -4.41. The number of halogens is 4. The number of ether oxygens (including phenoxy) is 1. The fourth-order valence-corrected chi connectivity index (χ4v) is 7.33. The summed E-state index contributed by atoms with van der Waals surface area (Å²) in [5.41, 5.74) is 5.15. The third kappa shape index (κ3) is 8.24. The summed E-state index contributed by atoms with van der Waals surface area (Å²) in [7, 11) is 0. The smallest absolute Gasteiger partial charge is 0.173 e. The first-order chi connectivity index (χ1) is 25.7. The number of hydrogen-bond donors (Lipinski definition) is 2. The van der Waals surface area contributed by atoms with Crippen molar-refractivity contribution in [3.05, 3.63) is 170 Å². The van der Waals surface area contributed by atoms with Crippen molar-refractivity contribution >= 4 is 102 Å². The highest BCUT2D eigenvalue weighted by atomic mass is 79.9. The molecule has 1 aliphatic rings. The third-order valence-electron chi connectivity index (χ3n) is 8.91. The van der Waals surface area contributed by atoms with Gasteiger partial charge in [-0.25, -0.2) is 0 Å². The number of phenolic OH excluding ortho intramolecular Hbond substituents is 2. The molecule has 53 heavy (non-hydrogen) atoms. The first-order valence-electron chi connectivity index (χ1n) is 16.6. The summed E-state index contributed by atoms with van der Waals surface area (Å²) < 4.78 is 15.9. The predicted octanol–water partition coefficient (Wildman–Crippen LogP) is 13.7. The maximum absolute atomic E-state index is 11.1. The van der Waals surface area contributed by atoms with Crippen LogP contribution in [0.1, 0.15) is 27.6 Å². The number of rotatable bonds is 4. The lowest BCUT2D eigenvalue weighted by molar-refractivity contribution is 0.102. The van der Waals surface area contributed by atoms with Crippen LogP contribution in [0.15, 0.2) is 157 Å². The summed E-state index contributed by atoms with van der Waals surface area (Å²) in [5, 5.41) is 23.8. The van der Waals surface area contributed by atoms with Gasteiger partial charge < -0.3 is 19.4 Å². The van der Waals surface area contributed by atoms with Crippen molar-refractivity contribution in [3.63, 3.8) is 0 Å². The van der Waals surface area contributed by atoms with E-state index in [1.165, 1.54) is 11.1 Å². The summed E-state index contributed by atoms with van der Waals surface area (Å²) in [6.07, 6.45) is 0.928. The van der Waals surface area contributed by atoms with E-state index in [0.717, 1.165) is 64.2 Å². The molecule has 1 unspecified atom stereocenters. The normalized spacial score (nSPS) is 13.1. The van der Waals surface area contributed by atoms with Gasteiger partial charge in [0.25, 0.3) is 0 Å². The molecule has 5 nitrogen and oxygen atoms in total. The largest absolute Gasteiger partial charge is 0.507 e. The predicted molar refractivity (Wildman–Crippen MR) is 228 cm³/mol. The van der Waals surface area contributed by atoms with Crippen molar-refractivity contribution in [3.8, 4) is 28.6 Å². The average Bonchev–Trinajstić information content (AvgIpc) is 3.82. The highest BCUT2D eigenvalue weighted by Gasteiger charge is 2.27. The maximum Gasteiger partial charge on any atom is 0.173 e. The average molecular weight is 958 g/mol. The zero-order valence-electron chi connectivity index (χ0n) is 27.9. The van der Waals surface area contributed by atoms with Crippen LogP contribution in [0, 0.1) is 0 Å². The number of furan rings is 1. The van der Waals surface area contributed by atoms with Crippen molar-refractivity contribution < 1.29 is 24.2 Å². The van der Waals surface area contributed by atoms with Gasteiger partial charge in [0.05, 0.1) is 5.33 Å². The highest BCUT2D eigenvalue weighted by molar-refractivity contribution is 9.11. The molecule has 0 saturated heterocycles. The molecule has 1 aromatic heterocycles. The van der Waals surface area contributed by atoms with Gasteiger partial charge in [-0.05, 0) is 71.8 Å². The Balaban J connectivity index is 0.000000155. The zero-order chi connectivity index (χ0) is 37.1.